The van der Waals surface area contributed by atoms with Crippen LogP contribution in [-0.2, 0) is 4.79 Å². The lowest BCUT2D eigenvalue weighted by atomic mass is 10.0. The van der Waals surface area contributed by atoms with Gasteiger partial charge in [0, 0.05) is 17.1 Å². The summed E-state index contributed by atoms with van der Waals surface area (Å²) in [4.78, 5) is 13.2. The number of benzene rings is 1. The molecule has 1 unspecified atom stereocenters. The Balaban J connectivity index is 2.16. The number of nitrogens with zero attached hydrogens (tertiary/aromatic N) is 1. The zero-order valence-corrected chi connectivity index (χ0v) is 11.9. The largest absolute Gasteiger partial charge is 0.480 e. The Kier molecular flexibility index (Phi) is 4.83. The second-order valence-corrected chi connectivity index (χ2v) is 5.67. The summed E-state index contributed by atoms with van der Waals surface area (Å²) in [5, 5.41) is 9.83. The lowest BCUT2D eigenvalue weighted by molar-refractivity contribution is -0.139. The molecule has 2 rings (SSSR count). The molecule has 1 saturated carbocycles. The third kappa shape index (κ3) is 3.71. The van der Waals surface area contributed by atoms with Gasteiger partial charge in [0.15, 0.2) is 0 Å². The fraction of sp³-hybridized carbons (Fsp3) is 0.533. The minimum Gasteiger partial charge on any atom is -0.480 e. The maximum atomic E-state index is 11.1. The van der Waals surface area contributed by atoms with E-state index in [0.29, 0.717) is 11.1 Å². The molecular formula is C15H20ClNO2. The third-order valence-corrected chi connectivity index (χ3v) is 4.21. The molecule has 0 spiro atoms. The number of hydrogen-bond acceptors (Lipinski definition) is 2. The minimum absolute atomic E-state index is 0.106. The second kappa shape index (κ2) is 6.40. The van der Waals surface area contributed by atoms with E-state index in [4.69, 9.17) is 16.7 Å². The quantitative estimate of drug-likeness (QED) is 0.894. The van der Waals surface area contributed by atoms with Crippen LogP contribution in [0.3, 0.4) is 0 Å². The van der Waals surface area contributed by atoms with Crippen LogP contribution in [-0.4, -0.2) is 28.6 Å². The predicted molar refractivity (Wildman–Crippen MR) is 76.5 cm³/mol. The molecular weight excluding hydrogens is 262 g/mol. The van der Waals surface area contributed by atoms with Gasteiger partial charge in [0.25, 0.3) is 0 Å². The number of carboxylic acids is 1. The van der Waals surface area contributed by atoms with Crippen LogP contribution in [0.5, 0.6) is 0 Å². The zero-order valence-electron chi connectivity index (χ0n) is 11.2. The maximum Gasteiger partial charge on any atom is 0.317 e. The van der Waals surface area contributed by atoms with E-state index in [1.807, 2.05) is 24.3 Å². The Labute approximate surface area is 119 Å². The van der Waals surface area contributed by atoms with Gasteiger partial charge in [-0.1, -0.05) is 36.6 Å². The van der Waals surface area contributed by atoms with Gasteiger partial charge in [-0.3, -0.25) is 9.69 Å². The highest BCUT2D eigenvalue weighted by Gasteiger charge is 2.28. The normalized spacial score (nSPS) is 17.8. The van der Waals surface area contributed by atoms with E-state index in [1.54, 1.807) is 0 Å². The van der Waals surface area contributed by atoms with Gasteiger partial charge in [0.1, 0.15) is 0 Å². The predicted octanol–water partition coefficient (Wildman–Crippen LogP) is 3.73. The monoisotopic (exact) mass is 281 g/mol. The van der Waals surface area contributed by atoms with Crippen LogP contribution in [0, 0.1) is 0 Å². The molecule has 1 fully saturated rings. The number of aliphatic carboxylic acids is 1. The van der Waals surface area contributed by atoms with Crippen molar-refractivity contribution in [1.29, 1.82) is 0 Å². The molecule has 0 heterocycles. The molecule has 1 aliphatic rings. The van der Waals surface area contributed by atoms with Crippen LogP contribution in [0.25, 0.3) is 0 Å². The topological polar surface area (TPSA) is 40.5 Å². The summed E-state index contributed by atoms with van der Waals surface area (Å²) in [5.74, 6) is -0.757. The van der Waals surface area contributed by atoms with Gasteiger partial charge in [-0.15, -0.1) is 0 Å². The highest BCUT2D eigenvalue weighted by molar-refractivity contribution is 6.30. The van der Waals surface area contributed by atoms with E-state index in [9.17, 15) is 4.79 Å². The van der Waals surface area contributed by atoms with Gasteiger partial charge >= 0.3 is 5.97 Å². The van der Waals surface area contributed by atoms with Crippen LogP contribution >= 0.6 is 11.6 Å². The first kappa shape index (κ1) is 14.4. The van der Waals surface area contributed by atoms with Gasteiger partial charge in [-0.25, -0.2) is 0 Å². The van der Waals surface area contributed by atoms with E-state index in [-0.39, 0.29) is 12.6 Å². The van der Waals surface area contributed by atoms with Crippen molar-refractivity contribution in [2.45, 2.75) is 44.7 Å². The van der Waals surface area contributed by atoms with Gasteiger partial charge in [-0.2, -0.15) is 0 Å². The summed E-state index contributed by atoms with van der Waals surface area (Å²) >= 11 is 5.90. The third-order valence-electron chi connectivity index (χ3n) is 3.96. The molecule has 0 aromatic heterocycles. The lowest BCUT2D eigenvalue weighted by Gasteiger charge is -2.33. The standard InChI is InChI=1S/C15H20ClNO2/c1-11(12-6-8-13(16)9-7-12)17(10-15(18)19)14-4-2-3-5-14/h6-9,11,14H,2-5,10H2,1H3,(H,18,19). The smallest absolute Gasteiger partial charge is 0.317 e. The molecule has 0 saturated heterocycles. The number of halogens is 1. The molecule has 0 radical (unpaired) electrons. The minimum atomic E-state index is -0.757. The van der Waals surface area contributed by atoms with E-state index < -0.39 is 5.97 Å². The highest BCUT2D eigenvalue weighted by Crippen LogP contribution is 2.31. The number of carbonyl (C=O) groups is 1. The summed E-state index contributed by atoms with van der Waals surface area (Å²) in [6.45, 7) is 2.18. The summed E-state index contributed by atoms with van der Waals surface area (Å²) in [5.41, 5.74) is 1.12. The van der Waals surface area contributed by atoms with Crippen molar-refractivity contribution in [1.82, 2.24) is 4.90 Å². The fourth-order valence-electron chi connectivity index (χ4n) is 2.91. The maximum absolute atomic E-state index is 11.1. The van der Waals surface area contributed by atoms with Crippen LogP contribution in [0.1, 0.15) is 44.2 Å². The van der Waals surface area contributed by atoms with Gasteiger partial charge in [0.2, 0.25) is 0 Å². The zero-order chi connectivity index (χ0) is 13.8. The van der Waals surface area contributed by atoms with Crippen molar-refractivity contribution in [3.8, 4) is 0 Å². The van der Waals surface area contributed by atoms with Gasteiger partial charge < -0.3 is 5.11 Å². The Morgan fingerprint density at radius 1 is 1.37 bits per heavy atom. The fourth-order valence-corrected chi connectivity index (χ4v) is 3.03. The van der Waals surface area contributed by atoms with Crippen molar-refractivity contribution < 1.29 is 9.90 Å². The lowest BCUT2D eigenvalue weighted by Crippen LogP contribution is -2.39. The number of rotatable bonds is 5. The van der Waals surface area contributed by atoms with E-state index in [1.165, 1.54) is 12.8 Å². The molecule has 19 heavy (non-hydrogen) atoms. The first-order valence-corrected chi connectivity index (χ1v) is 7.18. The molecule has 104 valence electrons. The number of hydrogen-bond donors (Lipinski definition) is 1. The van der Waals surface area contributed by atoms with Crippen LogP contribution < -0.4 is 0 Å². The molecule has 0 amide bonds. The highest BCUT2D eigenvalue weighted by atomic mass is 35.5. The number of carboxylic acid groups (broad SMARTS) is 1. The van der Waals surface area contributed by atoms with Crippen LogP contribution in [0.2, 0.25) is 5.02 Å². The molecule has 1 aromatic rings. The molecule has 1 aliphatic carbocycles. The van der Waals surface area contributed by atoms with Gasteiger partial charge in [-0.05, 0) is 37.5 Å². The molecule has 1 atom stereocenters. The van der Waals surface area contributed by atoms with Crippen molar-refractivity contribution >= 4 is 17.6 Å². The molecule has 0 aliphatic heterocycles. The van der Waals surface area contributed by atoms with Crippen molar-refractivity contribution in [2.24, 2.45) is 0 Å². The Bertz CT molecular complexity index is 426. The molecule has 4 heteroatoms. The van der Waals surface area contributed by atoms with E-state index >= 15 is 0 Å². The van der Waals surface area contributed by atoms with Crippen LogP contribution in [0.4, 0.5) is 0 Å². The summed E-state index contributed by atoms with van der Waals surface area (Å²) in [6.07, 6.45) is 4.61. The molecule has 1 aromatic carbocycles. The average molecular weight is 282 g/mol. The Morgan fingerprint density at radius 2 is 1.95 bits per heavy atom. The van der Waals surface area contributed by atoms with E-state index in [0.717, 1.165) is 18.4 Å². The summed E-state index contributed by atoms with van der Waals surface area (Å²) in [6, 6.07) is 8.19. The molecule has 3 nitrogen and oxygen atoms in total. The van der Waals surface area contributed by atoms with Crippen LogP contribution in [0.15, 0.2) is 24.3 Å². The second-order valence-electron chi connectivity index (χ2n) is 5.23. The summed E-state index contributed by atoms with van der Waals surface area (Å²) < 4.78 is 0. The van der Waals surface area contributed by atoms with Crippen molar-refractivity contribution in [3.63, 3.8) is 0 Å². The Hall–Kier alpha value is -1.06. The first-order chi connectivity index (χ1) is 9.08. The average Bonchev–Trinajstić information content (AvgIpc) is 2.89. The van der Waals surface area contributed by atoms with E-state index in [2.05, 4.69) is 11.8 Å². The Morgan fingerprint density at radius 3 is 2.47 bits per heavy atom. The molecule has 1 N–H and O–H groups in total. The summed E-state index contributed by atoms with van der Waals surface area (Å²) in [7, 11) is 0. The van der Waals surface area contributed by atoms with Crippen molar-refractivity contribution in [2.75, 3.05) is 6.54 Å². The first-order valence-electron chi connectivity index (χ1n) is 6.81. The SMILES string of the molecule is CC(c1ccc(Cl)cc1)N(CC(=O)O)C1CCCC1. The van der Waals surface area contributed by atoms with Crippen molar-refractivity contribution in [3.05, 3.63) is 34.9 Å². The van der Waals surface area contributed by atoms with Gasteiger partial charge in [0.05, 0.1) is 6.54 Å². The molecule has 0 bridgehead atoms.